The lowest BCUT2D eigenvalue weighted by Gasteiger charge is -2.17. The van der Waals surface area contributed by atoms with Gasteiger partial charge in [-0.2, -0.15) is 0 Å². The smallest absolute Gasteiger partial charge is 0.266 e. The van der Waals surface area contributed by atoms with E-state index in [-0.39, 0.29) is 5.56 Å². The fourth-order valence-corrected chi connectivity index (χ4v) is 4.90. The first-order valence-electron chi connectivity index (χ1n) is 13.2. The van der Waals surface area contributed by atoms with Crippen LogP contribution in [0, 0.1) is 0 Å². The number of anilines is 2. The van der Waals surface area contributed by atoms with Gasteiger partial charge in [-0.1, -0.05) is 72.3 Å². The zero-order chi connectivity index (χ0) is 28.9. The molecule has 0 saturated heterocycles. The summed E-state index contributed by atoms with van der Waals surface area (Å²) in [5.41, 5.74) is 4.97. The zero-order valence-electron chi connectivity index (χ0n) is 22.2. The Kier molecular flexibility index (Phi) is 7.85. The van der Waals surface area contributed by atoms with Crippen molar-refractivity contribution in [2.24, 2.45) is 4.99 Å². The number of rotatable bonds is 6. The van der Waals surface area contributed by atoms with E-state index in [1.165, 1.54) is 0 Å². The molecule has 0 aliphatic rings. The second kappa shape index (κ2) is 12.2. The van der Waals surface area contributed by atoms with Gasteiger partial charge < -0.3 is 10.6 Å². The highest BCUT2D eigenvalue weighted by Gasteiger charge is 2.16. The minimum absolute atomic E-state index is 0.194. The maximum Gasteiger partial charge on any atom is 0.266 e. The van der Waals surface area contributed by atoms with Gasteiger partial charge in [-0.05, 0) is 84.5 Å². The molecular weight excluding hydrogens is 562 g/mol. The third-order valence-corrected chi connectivity index (χ3v) is 7.09. The first-order chi connectivity index (χ1) is 20.5. The maximum absolute atomic E-state index is 13.9. The largest absolute Gasteiger partial charge is 0.332 e. The molecule has 6 aromatic rings. The fraction of sp³-hybridized carbons (Fsp3) is 0. The van der Waals surface area contributed by atoms with Crippen LogP contribution in [0.15, 0.2) is 137 Å². The van der Waals surface area contributed by atoms with E-state index in [0.717, 1.165) is 22.5 Å². The van der Waals surface area contributed by atoms with E-state index < -0.39 is 0 Å². The van der Waals surface area contributed by atoms with Crippen LogP contribution in [-0.4, -0.2) is 20.9 Å². The lowest BCUT2D eigenvalue weighted by molar-refractivity contribution is 0.976. The van der Waals surface area contributed by atoms with E-state index in [9.17, 15) is 4.79 Å². The highest BCUT2D eigenvalue weighted by molar-refractivity contribution is 7.80. The van der Waals surface area contributed by atoms with Gasteiger partial charge in [-0.15, -0.1) is 0 Å². The summed E-state index contributed by atoms with van der Waals surface area (Å²) in [6, 6.07) is 39.8. The molecule has 1 heterocycles. The monoisotopic (exact) mass is 585 g/mol. The van der Waals surface area contributed by atoms with Crippen LogP contribution in [0.3, 0.4) is 0 Å². The Bertz CT molecular complexity index is 1970. The molecule has 0 fully saturated rings. The molecule has 0 atom stereocenters. The van der Waals surface area contributed by atoms with Crippen molar-refractivity contribution in [3.8, 4) is 17.1 Å². The maximum atomic E-state index is 13.9. The van der Waals surface area contributed by atoms with Crippen molar-refractivity contribution >= 4 is 63.1 Å². The Balaban J connectivity index is 1.39. The summed E-state index contributed by atoms with van der Waals surface area (Å²) < 4.78 is 1.60. The lowest BCUT2D eigenvalue weighted by Crippen LogP contribution is -2.23. The topological polar surface area (TPSA) is 71.3 Å². The van der Waals surface area contributed by atoms with Gasteiger partial charge in [0.05, 0.1) is 33.0 Å². The molecule has 0 unspecified atom stereocenters. The van der Waals surface area contributed by atoms with Gasteiger partial charge in [-0.3, -0.25) is 14.4 Å². The summed E-state index contributed by atoms with van der Waals surface area (Å²) >= 11 is 12.1. The minimum Gasteiger partial charge on any atom is -0.332 e. The number of nitrogens with one attached hydrogen (secondary N) is 2. The van der Waals surface area contributed by atoms with Crippen molar-refractivity contribution in [1.29, 1.82) is 0 Å². The number of thiocarbonyl (C=S) groups is 1. The second-order valence-electron chi connectivity index (χ2n) is 9.42. The average Bonchev–Trinajstić information content (AvgIpc) is 3.02. The molecular formula is C34H24ClN5OS. The Morgan fingerprint density at radius 3 is 2.26 bits per heavy atom. The SMILES string of the molecule is O=c1c2ccccc2nc(-c2ccc(N=Cc3ccccc3)cc2)n1-c1ccc(Cl)c(NC(=S)Nc2ccccc2)c1. The number of aliphatic imine (C=N–C) groups is 1. The molecule has 0 saturated carbocycles. The van der Waals surface area contributed by atoms with E-state index >= 15 is 0 Å². The summed E-state index contributed by atoms with van der Waals surface area (Å²) in [4.78, 5) is 23.4. The molecule has 0 amide bonds. The van der Waals surface area contributed by atoms with Gasteiger partial charge in [0.1, 0.15) is 5.82 Å². The first kappa shape index (κ1) is 27.1. The van der Waals surface area contributed by atoms with Gasteiger partial charge in [0.2, 0.25) is 0 Å². The summed E-state index contributed by atoms with van der Waals surface area (Å²) in [6.07, 6.45) is 1.82. The molecule has 6 rings (SSSR count). The molecule has 6 nitrogen and oxygen atoms in total. The number of para-hydroxylation sites is 2. The molecule has 0 aliphatic carbocycles. The summed E-state index contributed by atoms with van der Waals surface area (Å²) in [5, 5.41) is 7.64. The van der Waals surface area contributed by atoms with Crippen molar-refractivity contribution in [2.75, 3.05) is 10.6 Å². The zero-order valence-corrected chi connectivity index (χ0v) is 23.8. The highest BCUT2D eigenvalue weighted by atomic mass is 35.5. The molecule has 0 bridgehead atoms. The Morgan fingerprint density at radius 1 is 0.810 bits per heavy atom. The number of benzene rings is 5. The Hall–Kier alpha value is -5.11. The Labute approximate surface area is 253 Å². The van der Waals surface area contributed by atoms with Crippen LogP contribution in [0.5, 0.6) is 0 Å². The van der Waals surface area contributed by atoms with Crippen molar-refractivity contribution in [2.45, 2.75) is 0 Å². The van der Waals surface area contributed by atoms with E-state index in [1.54, 1.807) is 28.8 Å². The average molecular weight is 586 g/mol. The highest BCUT2D eigenvalue weighted by Crippen LogP contribution is 2.29. The summed E-state index contributed by atoms with van der Waals surface area (Å²) in [5.74, 6) is 0.496. The molecule has 0 radical (unpaired) electrons. The van der Waals surface area contributed by atoms with Crippen molar-refractivity contribution in [3.63, 3.8) is 0 Å². The van der Waals surface area contributed by atoms with Gasteiger partial charge in [-0.25, -0.2) is 4.98 Å². The molecule has 1 aromatic heterocycles. The standard InChI is InChI=1S/C34H24ClN5OS/c35-29-20-19-27(21-31(29)39-34(42)37-26-11-5-2-6-12-26)40-32(38-30-14-8-7-13-28(30)33(40)41)24-15-17-25(18-16-24)36-22-23-9-3-1-4-10-23/h1-22H,(H2,37,39,42). The van der Waals surface area contributed by atoms with Crippen LogP contribution < -0.4 is 16.2 Å². The number of aromatic nitrogens is 2. The van der Waals surface area contributed by atoms with Gasteiger partial charge in [0.25, 0.3) is 5.56 Å². The van der Waals surface area contributed by atoms with E-state index in [4.69, 9.17) is 28.8 Å². The second-order valence-corrected chi connectivity index (χ2v) is 10.2. The number of nitrogens with zero attached hydrogens (tertiary/aromatic N) is 3. The minimum atomic E-state index is -0.194. The van der Waals surface area contributed by atoms with Crippen LogP contribution in [0.4, 0.5) is 17.1 Å². The molecule has 0 aliphatic heterocycles. The number of fused-ring (bicyclic) bond motifs is 1. The molecule has 5 aromatic carbocycles. The molecule has 2 N–H and O–H groups in total. The van der Waals surface area contributed by atoms with Crippen molar-refractivity contribution in [3.05, 3.63) is 148 Å². The molecule has 8 heteroatoms. The lowest BCUT2D eigenvalue weighted by atomic mass is 10.1. The molecule has 42 heavy (non-hydrogen) atoms. The van der Waals surface area contributed by atoms with Crippen LogP contribution in [0.1, 0.15) is 5.56 Å². The summed E-state index contributed by atoms with van der Waals surface area (Å²) in [7, 11) is 0. The predicted octanol–water partition coefficient (Wildman–Crippen LogP) is 8.27. The number of hydrogen-bond donors (Lipinski definition) is 2. The number of halogens is 1. The van der Waals surface area contributed by atoms with E-state index in [1.807, 2.05) is 109 Å². The first-order valence-corrected chi connectivity index (χ1v) is 14.0. The summed E-state index contributed by atoms with van der Waals surface area (Å²) in [6.45, 7) is 0. The third kappa shape index (κ3) is 5.98. The van der Waals surface area contributed by atoms with E-state index in [2.05, 4.69) is 15.6 Å². The molecule has 204 valence electrons. The van der Waals surface area contributed by atoms with Crippen molar-refractivity contribution in [1.82, 2.24) is 9.55 Å². The third-order valence-electron chi connectivity index (χ3n) is 6.55. The van der Waals surface area contributed by atoms with Crippen LogP contribution in [0.25, 0.3) is 28.0 Å². The number of hydrogen-bond acceptors (Lipinski definition) is 4. The van der Waals surface area contributed by atoms with Crippen LogP contribution >= 0.6 is 23.8 Å². The van der Waals surface area contributed by atoms with Gasteiger partial charge in [0, 0.05) is 17.5 Å². The van der Waals surface area contributed by atoms with Gasteiger partial charge in [0.15, 0.2) is 5.11 Å². The normalized spacial score (nSPS) is 11.1. The van der Waals surface area contributed by atoms with E-state index in [0.29, 0.717) is 38.2 Å². The van der Waals surface area contributed by atoms with Crippen LogP contribution in [0.2, 0.25) is 5.02 Å². The molecule has 0 spiro atoms. The fourth-order valence-electron chi connectivity index (χ4n) is 4.50. The quantitative estimate of drug-likeness (QED) is 0.152. The Morgan fingerprint density at radius 2 is 1.50 bits per heavy atom. The van der Waals surface area contributed by atoms with Gasteiger partial charge >= 0.3 is 0 Å². The predicted molar refractivity (Wildman–Crippen MR) is 178 cm³/mol. The van der Waals surface area contributed by atoms with Crippen LogP contribution in [-0.2, 0) is 0 Å². The van der Waals surface area contributed by atoms with Crippen molar-refractivity contribution < 1.29 is 0 Å².